The lowest BCUT2D eigenvalue weighted by Crippen LogP contribution is -2.41. The molecule has 1 saturated carbocycles. The molecule has 0 unspecified atom stereocenters. The van der Waals surface area contributed by atoms with E-state index in [1.807, 2.05) is 39.8 Å². The summed E-state index contributed by atoms with van der Waals surface area (Å²) in [7, 11) is -0.889. The van der Waals surface area contributed by atoms with Crippen LogP contribution >= 0.6 is 11.3 Å². The zero-order valence-corrected chi connectivity index (χ0v) is 16.3. The molecule has 1 saturated heterocycles. The van der Waals surface area contributed by atoms with E-state index < -0.39 is 18.3 Å². The Hall–Kier alpha value is -1.57. The molecule has 2 aliphatic rings. The highest BCUT2D eigenvalue weighted by Gasteiger charge is 2.54. The van der Waals surface area contributed by atoms with E-state index in [2.05, 4.69) is 10.4 Å². The number of halogens is 1. The van der Waals surface area contributed by atoms with E-state index in [-0.39, 0.29) is 11.6 Å². The average Bonchev–Trinajstić information content (AvgIpc) is 3.10. The van der Waals surface area contributed by atoms with Gasteiger partial charge < -0.3 is 9.31 Å². The van der Waals surface area contributed by atoms with Gasteiger partial charge in [-0.25, -0.2) is 9.37 Å². The number of thiazole rings is 1. The van der Waals surface area contributed by atoms with Crippen molar-refractivity contribution in [2.75, 3.05) is 0 Å². The van der Waals surface area contributed by atoms with Gasteiger partial charge in [-0.05, 0) is 58.2 Å². The lowest BCUT2D eigenvalue weighted by molar-refractivity contribution is 0.00578. The molecule has 1 aliphatic heterocycles. The Balaban J connectivity index is 1.44. The van der Waals surface area contributed by atoms with Gasteiger partial charge in [0.15, 0.2) is 0 Å². The topological polar surface area (TPSA) is 44.2 Å². The summed E-state index contributed by atoms with van der Waals surface area (Å²) >= 11 is 1.63. The standard InChI is InChI=1S/C19H22BFN2O2S/c1-18(2)19(3,4)25-20(24-18)16(21)13-9-14(10-13)17-23-15(11-26-17)12-5-7-22-8-6-12/h5-8,11,14H,9-10H2,1-4H3. The molecule has 7 heteroatoms. The zero-order chi connectivity index (χ0) is 18.5. The van der Waals surface area contributed by atoms with Gasteiger partial charge in [-0.3, -0.25) is 4.98 Å². The first-order valence-electron chi connectivity index (χ1n) is 8.86. The molecular formula is C19H22BFN2O2S. The largest absolute Gasteiger partial charge is 0.525 e. The normalized spacial score (nSPS) is 23.8. The van der Waals surface area contributed by atoms with E-state index in [1.165, 1.54) is 0 Å². The highest BCUT2D eigenvalue weighted by Crippen LogP contribution is 2.47. The van der Waals surface area contributed by atoms with Crippen LogP contribution in [0.3, 0.4) is 0 Å². The first kappa shape index (κ1) is 17.8. The van der Waals surface area contributed by atoms with E-state index in [1.54, 1.807) is 23.7 Å². The second-order valence-corrected chi connectivity index (χ2v) is 8.84. The predicted octanol–water partition coefficient (Wildman–Crippen LogP) is 4.94. The Labute approximate surface area is 157 Å². The molecule has 1 aliphatic carbocycles. The molecule has 2 fully saturated rings. The van der Waals surface area contributed by atoms with Crippen LogP contribution in [0.4, 0.5) is 4.39 Å². The van der Waals surface area contributed by atoms with Crippen molar-refractivity contribution in [1.29, 1.82) is 0 Å². The average molecular weight is 372 g/mol. The monoisotopic (exact) mass is 372 g/mol. The first-order chi connectivity index (χ1) is 12.3. The number of nitrogens with zero attached hydrogens (tertiary/aromatic N) is 2. The molecule has 0 bridgehead atoms. The van der Waals surface area contributed by atoms with Crippen molar-refractivity contribution in [3.05, 3.63) is 46.2 Å². The zero-order valence-electron chi connectivity index (χ0n) is 15.5. The first-order valence-corrected chi connectivity index (χ1v) is 9.74. The summed E-state index contributed by atoms with van der Waals surface area (Å²) in [6, 6.07) is 3.89. The summed E-state index contributed by atoms with van der Waals surface area (Å²) in [5.41, 5.74) is 1.50. The van der Waals surface area contributed by atoms with Gasteiger partial charge in [0.2, 0.25) is 0 Å². The van der Waals surface area contributed by atoms with Crippen molar-refractivity contribution in [3.63, 3.8) is 0 Å². The fraction of sp³-hybridized carbons (Fsp3) is 0.474. The number of aromatic nitrogens is 2. The minimum Gasteiger partial charge on any atom is -0.398 e. The summed E-state index contributed by atoms with van der Waals surface area (Å²) in [6.07, 6.45) is 4.88. The summed E-state index contributed by atoms with van der Waals surface area (Å²) in [4.78, 5) is 8.75. The van der Waals surface area contributed by atoms with E-state index in [9.17, 15) is 4.39 Å². The van der Waals surface area contributed by atoms with Crippen LogP contribution in [0.1, 0.15) is 51.5 Å². The molecule has 2 aromatic heterocycles. The molecule has 0 N–H and O–H groups in total. The van der Waals surface area contributed by atoms with E-state index in [0.29, 0.717) is 12.8 Å². The third-order valence-electron chi connectivity index (χ3n) is 5.63. The van der Waals surface area contributed by atoms with Gasteiger partial charge in [0.25, 0.3) is 0 Å². The van der Waals surface area contributed by atoms with Crippen molar-refractivity contribution in [2.45, 2.75) is 57.7 Å². The van der Waals surface area contributed by atoms with E-state index in [4.69, 9.17) is 14.3 Å². The van der Waals surface area contributed by atoms with E-state index in [0.717, 1.165) is 21.8 Å². The Morgan fingerprint density at radius 2 is 1.77 bits per heavy atom. The molecular weight excluding hydrogens is 350 g/mol. The van der Waals surface area contributed by atoms with Gasteiger partial charge in [-0.1, -0.05) is 0 Å². The Morgan fingerprint density at radius 1 is 1.15 bits per heavy atom. The summed E-state index contributed by atoms with van der Waals surface area (Å²) in [5.74, 6) is 0.277. The van der Waals surface area contributed by atoms with Gasteiger partial charge in [-0.15, -0.1) is 11.3 Å². The molecule has 4 rings (SSSR count). The molecule has 3 heterocycles. The maximum absolute atomic E-state index is 14.8. The molecule has 0 radical (unpaired) electrons. The molecule has 0 amide bonds. The minimum atomic E-state index is -0.889. The van der Waals surface area contributed by atoms with Crippen molar-refractivity contribution in [1.82, 2.24) is 9.97 Å². The second kappa shape index (κ2) is 6.25. The molecule has 4 nitrogen and oxygen atoms in total. The van der Waals surface area contributed by atoms with Crippen molar-refractivity contribution in [2.24, 2.45) is 0 Å². The smallest absolute Gasteiger partial charge is 0.398 e. The van der Waals surface area contributed by atoms with Crippen LogP contribution < -0.4 is 0 Å². The Morgan fingerprint density at radius 3 is 2.38 bits per heavy atom. The summed E-state index contributed by atoms with van der Waals surface area (Å²) in [6.45, 7) is 7.74. The molecule has 136 valence electrons. The van der Waals surface area contributed by atoms with Gasteiger partial charge >= 0.3 is 7.12 Å². The van der Waals surface area contributed by atoms with Crippen molar-refractivity contribution in [3.8, 4) is 11.3 Å². The number of allylic oxidation sites excluding steroid dienone is 1. The Kier molecular flexibility index (Phi) is 4.29. The van der Waals surface area contributed by atoms with Crippen LogP contribution in [0.25, 0.3) is 11.3 Å². The fourth-order valence-corrected chi connectivity index (χ4v) is 4.08. The van der Waals surface area contributed by atoms with Gasteiger partial charge in [-0.2, -0.15) is 0 Å². The van der Waals surface area contributed by atoms with Gasteiger partial charge in [0.1, 0.15) is 5.73 Å². The number of rotatable bonds is 3. The maximum atomic E-state index is 14.8. The highest BCUT2D eigenvalue weighted by molar-refractivity contribution is 7.10. The van der Waals surface area contributed by atoms with Crippen LogP contribution in [0.15, 0.2) is 41.2 Å². The van der Waals surface area contributed by atoms with Crippen molar-refractivity contribution >= 4 is 18.5 Å². The second-order valence-electron chi connectivity index (χ2n) is 7.95. The third-order valence-corrected chi connectivity index (χ3v) is 6.64. The van der Waals surface area contributed by atoms with Crippen LogP contribution in [0.5, 0.6) is 0 Å². The molecule has 0 spiro atoms. The SMILES string of the molecule is CC1(C)OB(C(F)=C2CC(c3nc(-c4ccncc4)cs3)C2)OC1(C)C. The summed E-state index contributed by atoms with van der Waals surface area (Å²) < 4.78 is 26.4. The lowest BCUT2D eigenvalue weighted by Gasteiger charge is -2.32. The third kappa shape index (κ3) is 3.02. The lowest BCUT2D eigenvalue weighted by atomic mass is 9.72. The van der Waals surface area contributed by atoms with Gasteiger partial charge in [0, 0.05) is 29.3 Å². The molecule has 0 aromatic carbocycles. The van der Waals surface area contributed by atoms with Crippen LogP contribution in [0, 0.1) is 0 Å². The summed E-state index contributed by atoms with van der Waals surface area (Å²) in [5, 5.41) is 3.11. The minimum absolute atomic E-state index is 0.259. The van der Waals surface area contributed by atoms with Crippen LogP contribution in [-0.2, 0) is 9.31 Å². The highest BCUT2D eigenvalue weighted by atomic mass is 32.1. The van der Waals surface area contributed by atoms with Crippen molar-refractivity contribution < 1.29 is 13.7 Å². The Bertz CT molecular complexity index is 826. The molecule has 0 atom stereocenters. The quantitative estimate of drug-likeness (QED) is 0.716. The molecule has 2 aromatic rings. The predicted molar refractivity (Wildman–Crippen MR) is 102 cm³/mol. The maximum Gasteiger partial charge on any atom is 0.525 e. The van der Waals surface area contributed by atoms with Crippen LogP contribution in [-0.4, -0.2) is 28.3 Å². The van der Waals surface area contributed by atoms with Gasteiger partial charge in [0.05, 0.1) is 21.9 Å². The van der Waals surface area contributed by atoms with Crippen LogP contribution in [0.2, 0.25) is 0 Å². The number of pyridine rings is 1. The van der Waals surface area contributed by atoms with E-state index >= 15 is 0 Å². The number of hydrogen-bond acceptors (Lipinski definition) is 5. The fourth-order valence-electron chi connectivity index (χ4n) is 3.15. The number of hydrogen-bond donors (Lipinski definition) is 0. The molecule has 26 heavy (non-hydrogen) atoms.